The van der Waals surface area contributed by atoms with Gasteiger partial charge in [0.1, 0.15) is 0 Å². The van der Waals surface area contributed by atoms with Gasteiger partial charge in [0, 0.05) is 72.6 Å². The van der Waals surface area contributed by atoms with E-state index in [1.807, 2.05) is 0 Å². The summed E-state index contributed by atoms with van der Waals surface area (Å²) in [4.78, 5) is 2.52. The van der Waals surface area contributed by atoms with Crippen molar-refractivity contribution in [3.8, 4) is 0 Å². The number of anilines is 5. The zero-order chi connectivity index (χ0) is 55.0. The van der Waals surface area contributed by atoms with E-state index in [1.165, 1.54) is 116 Å². The minimum absolute atomic E-state index is 0.619. The molecule has 10 rings (SSSR count). The van der Waals surface area contributed by atoms with Gasteiger partial charge in [0.05, 0.1) is 0 Å². The zero-order valence-electron chi connectivity index (χ0n) is 51.0. The van der Waals surface area contributed by atoms with Crippen LogP contribution < -0.4 is 26.2 Å². The molecule has 0 bridgehead atoms. The van der Waals surface area contributed by atoms with Crippen LogP contribution in [0.15, 0.2) is 78.9 Å². The number of nitrogens with one attached hydrogen (secondary N) is 4. The summed E-state index contributed by atoms with van der Waals surface area (Å²) in [6.07, 6.45) is 4.78. The molecular weight excluding hydrogens is 911 g/mol. The molecule has 5 aromatic rings. The highest BCUT2D eigenvalue weighted by molar-refractivity contribution is 5.64. The van der Waals surface area contributed by atoms with Crippen LogP contribution in [0.3, 0.4) is 0 Å². The van der Waals surface area contributed by atoms with Crippen molar-refractivity contribution in [2.45, 2.75) is 224 Å². The lowest BCUT2D eigenvalue weighted by atomic mass is 9.88. The maximum absolute atomic E-state index is 3.63. The summed E-state index contributed by atoms with van der Waals surface area (Å²) in [6, 6.07) is 31.5. The van der Waals surface area contributed by atoms with Gasteiger partial charge in [-0.1, -0.05) is 173 Å². The molecule has 0 saturated heterocycles. The molecule has 5 heteroatoms. The average Bonchev–Trinajstić information content (AvgIpc) is 4.22. The Hall–Kier alpha value is -4.90. The normalized spacial score (nSPS) is 16.6. The van der Waals surface area contributed by atoms with E-state index in [4.69, 9.17) is 0 Å². The highest BCUT2D eigenvalue weighted by atomic mass is 15.2. The summed E-state index contributed by atoms with van der Waals surface area (Å²) < 4.78 is 0. The fourth-order valence-corrected chi connectivity index (χ4v) is 11.5. The molecule has 0 radical (unpaired) electrons. The number of hydrogen-bond acceptors (Lipinski definition) is 5. The van der Waals surface area contributed by atoms with E-state index in [-0.39, 0.29) is 0 Å². The minimum atomic E-state index is 0.619. The topological polar surface area (TPSA) is 51.4 Å². The molecule has 5 heterocycles. The van der Waals surface area contributed by atoms with Crippen LogP contribution in [0.1, 0.15) is 253 Å². The smallest absolute Gasteiger partial charge is 0.0404 e. The van der Waals surface area contributed by atoms with Gasteiger partial charge in [0.2, 0.25) is 0 Å². The summed E-state index contributed by atoms with van der Waals surface area (Å²) in [5, 5.41) is 14.1. The van der Waals surface area contributed by atoms with E-state index in [0.29, 0.717) is 65.3 Å². The Labute approximate surface area is 459 Å². The number of hydrogen-bond donors (Lipinski definition) is 4. The molecule has 5 aromatic carbocycles. The summed E-state index contributed by atoms with van der Waals surface area (Å²) in [6.45, 7) is 50.0. The summed E-state index contributed by atoms with van der Waals surface area (Å²) in [5.41, 5.74) is 24.9. The van der Waals surface area contributed by atoms with E-state index in [0.717, 1.165) is 25.6 Å². The van der Waals surface area contributed by atoms with Crippen molar-refractivity contribution >= 4 is 28.4 Å². The van der Waals surface area contributed by atoms with Gasteiger partial charge >= 0.3 is 0 Å². The average molecular weight is 1020 g/mol. The Balaban J connectivity index is 0.000000152. The molecule has 0 fully saturated rings. The largest absolute Gasteiger partial charge is 0.384 e. The van der Waals surface area contributed by atoms with Crippen LogP contribution in [0, 0.1) is 11.8 Å². The van der Waals surface area contributed by atoms with Crippen LogP contribution in [0.5, 0.6) is 0 Å². The number of nitrogens with zero attached hydrogens (tertiary/aromatic N) is 1. The van der Waals surface area contributed by atoms with Crippen LogP contribution in [-0.4, -0.2) is 38.3 Å². The molecule has 5 aliphatic heterocycles. The lowest BCUT2D eigenvalue weighted by Gasteiger charge is -2.24. The maximum Gasteiger partial charge on any atom is 0.0404 e. The third-order valence-electron chi connectivity index (χ3n) is 16.7. The van der Waals surface area contributed by atoms with Crippen molar-refractivity contribution < 1.29 is 0 Å². The first-order valence-corrected chi connectivity index (χ1v) is 29.9. The standard InChI is InChI=1S/5C14H21N/c1-9(2)11-7-13(10(3)4)12-5-6-15-14(12)8-11;1-9(2)12-7-11-5-6-15-14(11)8-13(12)10(3)4;1-9(2)11-5-6-12-13(10(3)4)8-15-14(12)7-11;1-9(2)11-5-6-12-8-13(10(3)4)15-14(12)7-11;1-10(2)13-6-5-12-7-8-15(11(3)4)14(12)9-13/h2*7-10,15H,5-6H2,1-4H3;2*5-7,9-10,13,15H,8H2,1-4H3;5-6,9-11H,7-8H2,1-4H3. The Morgan fingerprint density at radius 1 is 0.413 bits per heavy atom. The third-order valence-corrected chi connectivity index (χ3v) is 16.7. The summed E-state index contributed by atoms with van der Waals surface area (Å²) >= 11 is 0. The highest BCUT2D eigenvalue weighted by Gasteiger charge is 2.27. The first-order valence-electron chi connectivity index (χ1n) is 29.9. The van der Waals surface area contributed by atoms with Gasteiger partial charge in [0.15, 0.2) is 0 Å². The van der Waals surface area contributed by atoms with Crippen molar-refractivity contribution in [2.75, 3.05) is 52.3 Å². The molecule has 0 saturated carbocycles. The van der Waals surface area contributed by atoms with Crippen molar-refractivity contribution in [2.24, 2.45) is 11.8 Å². The molecule has 410 valence electrons. The van der Waals surface area contributed by atoms with Gasteiger partial charge in [0.25, 0.3) is 0 Å². The molecule has 2 unspecified atom stereocenters. The van der Waals surface area contributed by atoms with Gasteiger partial charge in [-0.25, -0.2) is 0 Å². The fraction of sp³-hybridized carbons (Fsp3) is 0.571. The molecule has 2 atom stereocenters. The molecule has 0 amide bonds. The predicted molar refractivity (Wildman–Crippen MR) is 333 cm³/mol. The minimum Gasteiger partial charge on any atom is -0.384 e. The number of fused-ring (bicyclic) bond motifs is 5. The SMILES string of the molecule is CC(C)c1cc2c(c(C(C)C)c1)CCN2.CC(C)c1cc2c(cc1C(C)C)NCC2.CC(C)c1ccc2c(c1)N(C(C)C)CC2.CC(C)c1ccc2c(c1)NC(C(C)C)C2.CC(C)c1ccc2c(c1)NCC2C(C)C. The molecule has 0 aromatic heterocycles. The first-order chi connectivity index (χ1) is 35.4. The Kier molecular flexibility index (Phi) is 20.9. The second-order valence-electron chi connectivity index (χ2n) is 25.8. The van der Waals surface area contributed by atoms with E-state index < -0.39 is 0 Å². The molecule has 0 spiro atoms. The predicted octanol–water partition coefficient (Wildman–Crippen LogP) is 19.2. The summed E-state index contributed by atoms with van der Waals surface area (Å²) in [5.74, 6) is 6.51. The van der Waals surface area contributed by atoms with E-state index in [9.17, 15) is 0 Å². The number of benzene rings is 5. The van der Waals surface area contributed by atoms with Gasteiger partial charge in [-0.05, 0) is 190 Å². The quantitative estimate of drug-likeness (QED) is 0.112. The maximum atomic E-state index is 3.63. The lowest BCUT2D eigenvalue weighted by Crippen LogP contribution is -2.28. The Morgan fingerprint density at radius 2 is 0.947 bits per heavy atom. The van der Waals surface area contributed by atoms with Crippen molar-refractivity contribution in [3.63, 3.8) is 0 Å². The molecule has 4 N–H and O–H groups in total. The fourth-order valence-electron chi connectivity index (χ4n) is 11.5. The van der Waals surface area contributed by atoms with Crippen LogP contribution in [-0.2, 0) is 25.7 Å². The molecule has 75 heavy (non-hydrogen) atoms. The van der Waals surface area contributed by atoms with Gasteiger partial charge in [-0.15, -0.1) is 0 Å². The van der Waals surface area contributed by atoms with Crippen molar-refractivity contribution in [1.29, 1.82) is 0 Å². The van der Waals surface area contributed by atoms with Gasteiger partial charge in [-0.3, -0.25) is 0 Å². The monoisotopic (exact) mass is 1020 g/mol. The summed E-state index contributed by atoms with van der Waals surface area (Å²) in [7, 11) is 0. The van der Waals surface area contributed by atoms with E-state index in [1.54, 1.807) is 11.1 Å². The van der Waals surface area contributed by atoms with Crippen LogP contribution in [0.4, 0.5) is 28.4 Å². The van der Waals surface area contributed by atoms with E-state index in [2.05, 4.69) is 244 Å². The highest BCUT2D eigenvalue weighted by Crippen LogP contribution is 2.39. The van der Waals surface area contributed by atoms with Crippen molar-refractivity contribution in [1.82, 2.24) is 0 Å². The van der Waals surface area contributed by atoms with E-state index >= 15 is 0 Å². The van der Waals surface area contributed by atoms with Crippen molar-refractivity contribution in [3.05, 3.63) is 146 Å². The first kappa shape index (κ1) is 59.3. The second-order valence-corrected chi connectivity index (χ2v) is 25.8. The van der Waals surface area contributed by atoms with Crippen LogP contribution in [0.2, 0.25) is 0 Å². The number of rotatable bonds is 10. The van der Waals surface area contributed by atoms with Gasteiger partial charge in [-0.2, -0.15) is 0 Å². The lowest BCUT2D eigenvalue weighted by molar-refractivity contribution is 0.533. The molecular formula is C70H105N5. The molecule has 5 aliphatic rings. The third kappa shape index (κ3) is 15.0. The molecule has 0 aliphatic carbocycles. The molecule has 5 nitrogen and oxygen atoms in total. The second kappa shape index (κ2) is 26.4. The van der Waals surface area contributed by atoms with Crippen LogP contribution in [0.25, 0.3) is 0 Å². The van der Waals surface area contributed by atoms with Gasteiger partial charge < -0.3 is 26.2 Å². The zero-order valence-corrected chi connectivity index (χ0v) is 51.0. The Morgan fingerprint density at radius 3 is 1.52 bits per heavy atom. The van der Waals surface area contributed by atoms with Crippen LogP contribution >= 0.6 is 0 Å². The Bertz CT molecular complexity index is 2590.